The molecule has 0 bridgehead atoms. The summed E-state index contributed by atoms with van der Waals surface area (Å²) < 4.78 is 2.06. The topological polar surface area (TPSA) is 70.5 Å². The summed E-state index contributed by atoms with van der Waals surface area (Å²) in [5.41, 5.74) is 0.216. The van der Waals surface area contributed by atoms with Gasteiger partial charge in [0.05, 0.1) is 12.2 Å². The number of nitrogens with one attached hydrogen (secondary N) is 1. The van der Waals surface area contributed by atoms with E-state index in [2.05, 4.69) is 24.7 Å². The average Bonchev–Trinajstić information content (AvgIpc) is 3.39. The minimum Gasteiger partial charge on any atom is -0.342 e. The van der Waals surface area contributed by atoms with Crippen molar-refractivity contribution in [3.63, 3.8) is 0 Å². The lowest BCUT2D eigenvalue weighted by atomic mass is 9.72. The van der Waals surface area contributed by atoms with Crippen LogP contribution >= 0.6 is 0 Å². The lowest BCUT2D eigenvalue weighted by Crippen LogP contribution is -2.53. The van der Waals surface area contributed by atoms with E-state index in [9.17, 15) is 9.59 Å². The van der Waals surface area contributed by atoms with Gasteiger partial charge < -0.3 is 19.7 Å². The Labute approximate surface area is 161 Å². The summed E-state index contributed by atoms with van der Waals surface area (Å²) in [4.78, 5) is 33.3. The molecular weight excluding hydrogens is 342 g/mol. The van der Waals surface area contributed by atoms with Crippen molar-refractivity contribution in [3.8, 4) is 0 Å². The van der Waals surface area contributed by atoms with Gasteiger partial charge in [-0.25, -0.2) is 4.98 Å². The van der Waals surface area contributed by atoms with Crippen LogP contribution in [0, 0.1) is 11.3 Å². The number of rotatable bonds is 5. The van der Waals surface area contributed by atoms with Crippen LogP contribution < -0.4 is 5.32 Å². The van der Waals surface area contributed by atoms with Gasteiger partial charge in [0.2, 0.25) is 11.8 Å². The summed E-state index contributed by atoms with van der Waals surface area (Å²) >= 11 is 0. The summed E-state index contributed by atoms with van der Waals surface area (Å²) in [5, 5.41) is 3.29. The van der Waals surface area contributed by atoms with Crippen molar-refractivity contribution in [2.45, 2.75) is 45.1 Å². The maximum absolute atomic E-state index is 12.7. The smallest absolute Gasteiger partial charge is 0.227 e. The number of likely N-dealkylation sites (tertiary alicyclic amines) is 2. The Morgan fingerprint density at radius 2 is 2.11 bits per heavy atom. The minimum absolute atomic E-state index is 0.173. The highest BCUT2D eigenvalue weighted by Gasteiger charge is 2.42. The van der Waals surface area contributed by atoms with Crippen molar-refractivity contribution in [3.05, 3.63) is 18.7 Å². The Balaban J connectivity index is 1.28. The van der Waals surface area contributed by atoms with Crippen LogP contribution in [0.15, 0.2) is 18.7 Å². The van der Waals surface area contributed by atoms with Gasteiger partial charge >= 0.3 is 0 Å². The van der Waals surface area contributed by atoms with E-state index in [0.29, 0.717) is 18.2 Å². The molecule has 1 aromatic heterocycles. The predicted molar refractivity (Wildman–Crippen MR) is 102 cm³/mol. The maximum atomic E-state index is 12.7. The summed E-state index contributed by atoms with van der Waals surface area (Å²) in [6.07, 6.45) is 11.2. The van der Waals surface area contributed by atoms with E-state index in [1.54, 1.807) is 6.20 Å². The van der Waals surface area contributed by atoms with Gasteiger partial charge in [0.15, 0.2) is 0 Å². The summed E-state index contributed by atoms with van der Waals surface area (Å²) in [7, 11) is 0. The number of amides is 2. The molecule has 0 saturated carbocycles. The Morgan fingerprint density at radius 1 is 1.26 bits per heavy atom. The van der Waals surface area contributed by atoms with Gasteiger partial charge in [-0.3, -0.25) is 9.59 Å². The van der Waals surface area contributed by atoms with E-state index in [0.717, 1.165) is 77.9 Å². The largest absolute Gasteiger partial charge is 0.342 e. The summed E-state index contributed by atoms with van der Waals surface area (Å²) in [6, 6.07) is 0. The van der Waals surface area contributed by atoms with Crippen LogP contribution in [0.3, 0.4) is 0 Å². The Morgan fingerprint density at radius 3 is 2.81 bits per heavy atom. The van der Waals surface area contributed by atoms with Crippen molar-refractivity contribution in [2.24, 2.45) is 11.3 Å². The lowest BCUT2D eigenvalue weighted by molar-refractivity contribution is -0.144. The molecular formula is C20H31N5O2. The van der Waals surface area contributed by atoms with Gasteiger partial charge in [-0.2, -0.15) is 0 Å². The molecule has 1 atom stereocenters. The predicted octanol–water partition coefficient (Wildman–Crippen LogP) is 1.11. The molecule has 7 nitrogen and oxygen atoms in total. The number of hydrogen-bond donors (Lipinski definition) is 1. The molecule has 3 aliphatic heterocycles. The van der Waals surface area contributed by atoms with Crippen molar-refractivity contribution in [1.29, 1.82) is 0 Å². The monoisotopic (exact) mass is 373 g/mol. The van der Waals surface area contributed by atoms with Gasteiger partial charge in [0.1, 0.15) is 0 Å². The lowest BCUT2D eigenvalue weighted by Gasteiger charge is -2.47. The second-order valence-corrected chi connectivity index (χ2v) is 8.48. The first-order chi connectivity index (χ1) is 13.2. The number of nitrogens with zero attached hydrogens (tertiary/aromatic N) is 4. The van der Waals surface area contributed by atoms with Crippen LogP contribution in [-0.4, -0.2) is 70.4 Å². The van der Waals surface area contributed by atoms with E-state index >= 15 is 0 Å². The fourth-order valence-corrected chi connectivity index (χ4v) is 4.90. The molecule has 148 valence electrons. The minimum atomic E-state index is 0.173. The summed E-state index contributed by atoms with van der Waals surface area (Å²) in [5.74, 6) is 0.798. The Hall–Kier alpha value is -1.89. The van der Waals surface area contributed by atoms with E-state index in [1.165, 1.54) is 0 Å². The van der Waals surface area contributed by atoms with Crippen LogP contribution in [0.4, 0.5) is 0 Å². The summed E-state index contributed by atoms with van der Waals surface area (Å²) in [6.45, 7) is 6.08. The normalized spacial score (nSPS) is 25.3. The second-order valence-electron chi connectivity index (χ2n) is 8.48. The van der Waals surface area contributed by atoms with E-state index in [1.807, 2.05) is 12.5 Å². The zero-order valence-electron chi connectivity index (χ0n) is 16.1. The van der Waals surface area contributed by atoms with Crippen molar-refractivity contribution < 1.29 is 9.59 Å². The second kappa shape index (κ2) is 8.00. The van der Waals surface area contributed by atoms with Crippen LogP contribution in [0.5, 0.6) is 0 Å². The van der Waals surface area contributed by atoms with Gasteiger partial charge in [-0.15, -0.1) is 0 Å². The molecule has 27 heavy (non-hydrogen) atoms. The molecule has 1 N–H and O–H groups in total. The van der Waals surface area contributed by atoms with Crippen molar-refractivity contribution >= 4 is 11.8 Å². The SMILES string of the molecule is O=C1CCC2(CCN(C(=O)[C@@H]3CCNC3)CC2)CN1CCCn1ccnc1. The Kier molecular flexibility index (Phi) is 5.48. The molecule has 1 spiro atoms. The standard InChI is InChI=1S/C20H31N5O2/c26-18-2-4-20(15-25(18)10-1-9-23-13-8-22-16-23)5-11-24(12-6-20)19(27)17-3-7-21-14-17/h8,13,16-17,21H,1-7,9-12,14-15H2/t17-/m1/s1. The number of aromatic nitrogens is 2. The van der Waals surface area contributed by atoms with E-state index < -0.39 is 0 Å². The molecule has 4 rings (SSSR count). The zero-order chi connectivity index (χ0) is 18.7. The van der Waals surface area contributed by atoms with E-state index in [4.69, 9.17) is 0 Å². The number of hydrogen-bond acceptors (Lipinski definition) is 4. The molecule has 0 aromatic carbocycles. The molecule has 3 aliphatic rings. The highest BCUT2D eigenvalue weighted by Crippen LogP contribution is 2.40. The van der Waals surface area contributed by atoms with Crippen molar-refractivity contribution in [2.75, 3.05) is 39.3 Å². The van der Waals surface area contributed by atoms with Crippen LogP contribution in [0.1, 0.15) is 38.5 Å². The number of carbonyl (C=O) groups excluding carboxylic acids is 2. The third-order valence-corrected chi connectivity index (χ3v) is 6.70. The highest BCUT2D eigenvalue weighted by molar-refractivity contribution is 5.79. The van der Waals surface area contributed by atoms with Gasteiger partial charge in [0, 0.05) is 58.1 Å². The van der Waals surface area contributed by atoms with Gasteiger partial charge in [-0.05, 0) is 44.1 Å². The fourth-order valence-electron chi connectivity index (χ4n) is 4.90. The molecule has 3 saturated heterocycles. The van der Waals surface area contributed by atoms with Crippen LogP contribution in [0.25, 0.3) is 0 Å². The molecule has 2 amide bonds. The van der Waals surface area contributed by atoms with Gasteiger partial charge in [0.25, 0.3) is 0 Å². The molecule has 0 radical (unpaired) electrons. The van der Waals surface area contributed by atoms with E-state index in [-0.39, 0.29) is 11.3 Å². The molecule has 7 heteroatoms. The Bertz CT molecular complexity index is 645. The molecule has 0 aliphatic carbocycles. The highest BCUT2D eigenvalue weighted by atomic mass is 16.2. The number of carbonyl (C=O) groups is 2. The third-order valence-electron chi connectivity index (χ3n) is 6.70. The maximum Gasteiger partial charge on any atom is 0.227 e. The zero-order valence-corrected chi connectivity index (χ0v) is 16.1. The molecule has 1 aromatic rings. The quantitative estimate of drug-likeness (QED) is 0.840. The molecule has 4 heterocycles. The first-order valence-corrected chi connectivity index (χ1v) is 10.4. The van der Waals surface area contributed by atoms with Crippen LogP contribution in [-0.2, 0) is 16.1 Å². The first kappa shape index (κ1) is 18.5. The average molecular weight is 374 g/mol. The third kappa shape index (κ3) is 4.18. The number of aryl methyl sites for hydroxylation is 1. The molecule has 3 fully saturated rings. The number of piperidine rings is 2. The molecule has 0 unspecified atom stereocenters. The number of imidazole rings is 1. The van der Waals surface area contributed by atoms with Crippen molar-refractivity contribution in [1.82, 2.24) is 24.7 Å². The van der Waals surface area contributed by atoms with Crippen LogP contribution in [0.2, 0.25) is 0 Å². The van der Waals surface area contributed by atoms with Gasteiger partial charge in [-0.1, -0.05) is 0 Å². The fraction of sp³-hybridized carbons (Fsp3) is 0.750. The first-order valence-electron chi connectivity index (χ1n) is 10.4.